The maximum absolute atomic E-state index is 12.1. The summed E-state index contributed by atoms with van der Waals surface area (Å²) >= 11 is 0. The highest BCUT2D eigenvalue weighted by atomic mass is 16.5. The lowest BCUT2D eigenvalue weighted by molar-refractivity contribution is -0.124. The van der Waals surface area contributed by atoms with Crippen LogP contribution in [-0.2, 0) is 14.9 Å². The average molecular weight is 397 g/mol. The largest absolute Gasteiger partial charge is 0.465 e. The molecule has 0 bridgehead atoms. The molecule has 0 radical (unpaired) electrons. The van der Waals surface area contributed by atoms with E-state index in [9.17, 15) is 9.59 Å². The van der Waals surface area contributed by atoms with E-state index in [1.165, 1.54) is 36.7 Å². The Bertz CT molecular complexity index is 845. The molecule has 1 N–H and O–H groups in total. The number of esters is 1. The van der Waals surface area contributed by atoms with Crippen molar-refractivity contribution in [1.29, 1.82) is 0 Å². The third-order valence-electron chi connectivity index (χ3n) is 7.13. The summed E-state index contributed by atoms with van der Waals surface area (Å²) < 4.78 is 4.96. The van der Waals surface area contributed by atoms with Crippen LogP contribution in [0.2, 0.25) is 0 Å². The van der Waals surface area contributed by atoms with Gasteiger partial charge in [-0.3, -0.25) is 9.69 Å². The summed E-state index contributed by atoms with van der Waals surface area (Å²) in [4.78, 5) is 26.1. The maximum atomic E-state index is 12.1. The highest BCUT2D eigenvalue weighted by molar-refractivity contribution is 5.92. The van der Waals surface area contributed by atoms with Crippen molar-refractivity contribution in [3.05, 3.63) is 40.5 Å². The normalized spacial score (nSPS) is 24.1. The Morgan fingerprint density at radius 3 is 2.86 bits per heavy atom. The van der Waals surface area contributed by atoms with E-state index in [-0.39, 0.29) is 17.3 Å². The van der Waals surface area contributed by atoms with Gasteiger partial charge in [-0.25, -0.2) is 4.79 Å². The predicted molar refractivity (Wildman–Crippen MR) is 114 cm³/mol. The van der Waals surface area contributed by atoms with Crippen molar-refractivity contribution in [1.82, 2.24) is 10.2 Å². The average Bonchev–Trinajstić information content (AvgIpc) is 3.03. The SMILES string of the molecule is CCC1(CCCN2CCNC(=O)C2)C2=C(CCCC2)c2cc(C(=O)OC)ccc21. The number of carbonyl (C=O) groups is 2. The summed E-state index contributed by atoms with van der Waals surface area (Å²) in [5.74, 6) is -0.122. The van der Waals surface area contributed by atoms with Gasteiger partial charge >= 0.3 is 5.97 Å². The van der Waals surface area contributed by atoms with Gasteiger partial charge in [-0.15, -0.1) is 0 Å². The molecule has 4 rings (SSSR count). The maximum Gasteiger partial charge on any atom is 0.337 e. The summed E-state index contributed by atoms with van der Waals surface area (Å²) in [6.07, 6.45) is 8.02. The lowest BCUT2D eigenvalue weighted by Gasteiger charge is -2.36. The van der Waals surface area contributed by atoms with E-state index in [0.29, 0.717) is 12.1 Å². The molecule has 156 valence electrons. The quantitative estimate of drug-likeness (QED) is 0.746. The van der Waals surface area contributed by atoms with Crippen LogP contribution in [0.25, 0.3) is 5.57 Å². The highest BCUT2D eigenvalue weighted by Crippen LogP contribution is 2.55. The fraction of sp³-hybridized carbons (Fsp3) is 0.583. The van der Waals surface area contributed by atoms with E-state index in [1.54, 1.807) is 5.57 Å². The summed E-state index contributed by atoms with van der Waals surface area (Å²) in [5, 5.41) is 2.91. The Hall–Kier alpha value is -2.14. The number of hydrogen-bond acceptors (Lipinski definition) is 4. The molecule has 5 nitrogen and oxygen atoms in total. The van der Waals surface area contributed by atoms with E-state index < -0.39 is 0 Å². The van der Waals surface area contributed by atoms with Gasteiger partial charge in [0, 0.05) is 18.5 Å². The second kappa shape index (κ2) is 8.31. The van der Waals surface area contributed by atoms with Gasteiger partial charge in [0.15, 0.2) is 0 Å². The van der Waals surface area contributed by atoms with Crippen molar-refractivity contribution in [2.24, 2.45) is 0 Å². The van der Waals surface area contributed by atoms with E-state index in [0.717, 1.165) is 51.7 Å². The first kappa shape index (κ1) is 20.1. The molecular formula is C24H32N2O3. The Labute approximate surface area is 173 Å². The van der Waals surface area contributed by atoms with Crippen molar-refractivity contribution >= 4 is 17.4 Å². The van der Waals surface area contributed by atoms with Crippen molar-refractivity contribution in [2.45, 2.75) is 57.3 Å². The van der Waals surface area contributed by atoms with Crippen LogP contribution in [0.4, 0.5) is 0 Å². The van der Waals surface area contributed by atoms with Gasteiger partial charge in [0.25, 0.3) is 0 Å². The number of benzene rings is 1. The van der Waals surface area contributed by atoms with Crippen LogP contribution < -0.4 is 5.32 Å². The number of nitrogens with zero attached hydrogens (tertiary/aromatic N) is 1. The summed E-state index contributed by atoms with van der Waals surface area (Å²) in [5.41, 5.74) is 6.50. The molecule has 3 aliphatic rings. The van der Waals surface area contributed by atoms with E-state index in [1.807, 2.05) is 6.07 Å². The van der Waals surface area contributed by atoms with Gasteiger partial charge < -0.3 is 10.1 Å². The highest BCUT2D eigenvalue weighted by Gasteiger charge is 2.43. The first-order valence-electron chi connectivity index (χ1n) is 11.0. The zero-order valence-electron chi connectivity index (χ0n) is 17.7. The molecule has 0 spiro atoms. The molecule has 1 aromatic carbocycles. The summed E-state index contributed by atoms with van der Waals surface area (Å²) in [7, 11) is 1.44. The Kier molecular flexibility index (Phi) is 5.77. The Morgan fingerprint density at radius 1 is 1.28 bits per heavy atom. The van der Waals surface area contributed by atoms with Crippen molar-refractivity contribution in [3.63, 3.8) is 0 Å². The van der Waals surface area contributed by atoms with E-state index >= 15 is 0 Å². The monoisotopic (exact) mass is 396 g/mol. The van der Waals surface area contributed by atoms with Crippen LogP contribution in [0.3, 0.4) is 0 Å². The number of amides is 1. The number of ether oxygens (including phenoxy) is 1. The van der Waals surface area contributed by atoms with Crippen LogP contribution in [-0.4, -0.2) is 50.1 Å². The minimum absolute atomic E-state index is 0.0811. The number of allylic oxidation sites excluding steroid dienone is 2. The van der Waals surface area contributed by atoms with Gasteiger partial charge in [0.1, 0.15) is 0 Å². The van der Waals surface area contributed by atoms with Gasteiger partial charge in [-0.1, -0.05) is 18.6 Å². The third kappa shape index (κ3) is 3.61. The summed E-state index contributed by atoms with van der Waals surface area (Å²) in [6, 6.07) is 6.18. The molecule has 1 aromatic rings. The number of methoxy groups -OCH3 is 1. The molecule has 1 amide bonds. The Balaban J connectivity index is 1.61. The molecule has 1 heterocycles. The molecule has 1 aliphatic heterocycles. The van der Waals surface area contributed by atoms with E-state index in [4.69, 9.17) is 4.74 Å². The lowest BCUT2D eigenvalue weighted by atomic mass is 9.69. The number of hydrogen-bond donors (Lipinski definition) is 1. The molecule has 0 saturated carbocycles. The zero-order valence-corrected chi connectivity index (χ0v) is 17.7. The second-order valence-corrected chi connectivity index (χ2v) is 8.58. The topological polar surface area (TPSA) is 58.6 Å². The van der Waals surface area contributed by atoms with Crippen LogP contribution in [0, 0.1) is 0 Å². The fourth-order valence-corrected chi connectivity index (χ4v) is 5.70. The van der Waals surface area contributed by atoms with Gasteiger partial charge in [0.2, 0.25) is 5.91 Å². The minimum Gasteiger partial charge on any atom is -0.465 e. The number of fused-ring (bicyclic) bond motifs is 2. The third-order valence-corrected chi connectivity index (χ3v) is 7.13. The molecule has 1 saturated heterocycles. The predicted octanol–water partition coefficient (Wildman–Crippen LogP) is 3.67. The van der Waals surface area contributed by atoms with Crippen LogP contribution in [0.15, 0.2) is 23.8 Å². The van der Waals surface area contributed by atoms with Gasteiger partial charge in [0.05, 0.1) is 19.2 Å². The van der Waals surface area contributed by atoms with Gasteiger partial charge in [-0.2, -0.15) is 0 Å². The van der Waals surface area contributed by atoms with Gasteiger partial charge in [-0.05, 0) is 80.3 Å². The van der Waals surface area contributed by atoms with Crippen molar-refractivity contribution in [3.8, 4) is 0 Å². The first-order valence-corrected chi connectivity index (χ1v) is 11.0. The molecule has 1 fully saturated rings. The molecule has 5 heteroatoms. The number of piperazine rings is 1. The molecule has 2 aliphatic carbocycles. The molecule has 29 heavy (non-hydrogen) atoms. The zero-order chi connectivity index (χ0) is 20.4. The summed E-state index contributed by atoms with van der Waals surface area (Å²) in [6.45, 7) is 5.49. The smallest absolute Gasteiger partial charge is 0.337 e. The van der Waals surface area contributed by atoms with Crippen LogP contribution >= 0.6 is 0 Å². The standard InChI is InChI=1S/C24H32N2O3/c1-3-24(11-6-13-26-14-12-25-22(27)16-26)20-8-5-4-7-18(20)19-15-17(23(28)29-2)9-10-21(19)24/h9-10,15H,3-8,11-14,16H2,1-2H3,(H,25,27). The minimum atomic E-state index is -0.261. The van der Waals surface area contributed by atoms with Crippen molar-refractivity contribution in [2.75, 3.05) is 33.3 Å². The molecule has 1 unspecified atom stereocenters. The van der Waals surface area contributed by atoms with Crippen LogP contribution in [0.5, 0.6) is 0 Å². The molecule has 0 aromatic heterocycles. The molecular weight excluding hydrogens is 364 g/mol. The number of carbonyl (C=O) groups excluding carboxylic acids is 2. The first-order chi connectivity index (χ1) is 14.1. The Morgan fingerprint density at radius 2 is 2.10 bits per heavy atom. The number of rotatable bonds is 6. The van der Waals surface area contributed by atoms with E-state index in [2.05, 4.69) is 29.3 Å². The second-order valence-electron chi connectivity index (χ2n) is 8.58. The van der Waals surface area contributed by atoms with Crippen LogP contribution in [0.1, 0.15) is 73.4 Å². The lowest BCUT2D eigenvalue weighted by Crippen LogP contribution is -2.48. The molecule has 1 atom stereocenters. The fourth-order valence-electron chi connectivity index (χ4n) is 5.70. The van der Waals surface area contributed by atoms with Crippen molar-refractivity contribution < 1.29 is 14.3 Å². The number of nitrogens with one attached hydrogen (secondary N) is 1.